The van der Waals surface area contributed by atoms with Gasteiger partial charge < -0.3 is 10.2 Å². The molecule has 8 heteroatoms. The average molecular weight is 325 g/mol. The summed E-state index contributed by atoms with van der Waals surface area (Å²) in [6.07, 6.45) is 0. The number of anilines is 1. The minimum atomic E-state index is -3.74. The van der Waals surface area contributed by atoms with Crippen molar-refractivity contribution in [2.75, 3.05) is 25.5 Å². The summed E-state index contributed by atoms with van der Waals surface area (Å²) in [7, 11) is -2.08. The molecular weight excluding hydrogens is 306 g/mol. The van der Waals surface area contributed by atoms with Gasteiger partial charge in [-0.1, -0.05) is 0 Å². The minimum Gasteiger partial charge on any atom is -0.343 e. The SMILES string of the molecule is CC(=O)Nc1ccc(S(=O)(=O)N2CCN(C)C(=O)C2C)cc1. The van der Waals surface area contributed by atoms with Gasteiger partial charge in [0.2, 0.25) is 21.8 Å². The number of carbonyl (C=O) groups is 2. The van der Waals surface area contributed by atoms with Crippen molar-refractivity contribution in [3.63, 3.8) is 0 Å². The molecule has 1 atom stereocenters. The Morgan fingerprint density at radius 2 is 1.82 bits per heavy atom. The van der Waals surface area contributed by atoms with E-state index in [2.05, 4.69) is 5.32 Å². The molecule has 120 valence electrons. The first-order valence-electron chi connectivity index (χ1n) is 6.88. The van der Waals surface area contributed by atoms with Gasteiger partial charge in [-0.05, 0) is 31.2 Å². The summed E-state index contributed by atoms with van der Waals surface area (Å²) in [4.78, 5) is 24.6. The topological polar surface area (TPSA) is 86.8 Å². The highest BCUT2D eigenvalue weighted by molar-refractivity contribution is 7.89. The second kappa shape index (κ2) is 6.05. The average Bonchev–Trinajstić information content (AvgIpc) is 2.44. The molecule has 1 aromatic carbocycles. The van der Waals surface area contributed by atoms with Crippen LogP contribution in [0.4, 0.5) is 5.69 Å². The Morgan fingerprint density at radius 3 is 2.36 bits per heavy atom. The van der Waals surface area contributed by atoms with Crippen LogP contribution in [-0.2, 0) is 19.6 Å². The number of sulfonamides is 1. The number of nitrogens with zero attached hydrogens (tertiary/aromatic N) is 2. The second-order valence-electron chi connectivity index (χ2n) is 5.26. The van der Waals surface area contributed by atoms with Crippen molar-refractivity contribution in [2.45, 2.75) is 24.8 Å². The van der Waals surface area contributed by atoms with E-state index in [1.54, 1.807) is 14.0 Å². The first kappa shape index (κ1) is 16.4. The second-order valence-corrected chi connectivity index (χ2v) is 7.15. The molecule has 0 aliphatic carbocycles. The summed E-state index contributed by atoms with van der Waals surface area (Å²) in [6, 6.07) is 5.18. The van der Waals surface area contributed by atoms with Crippen molar-refractivity contribution in [3.8, 4) is 0 Å². The van der Waals surface area contributed by atoms with E-state index in [9.17, 15) is 18.0 Å². The largest absolute Gasteiger partial charge is 0.343 e. The Kier molecular flexibility index (Phi) is 4.52. The Balaban J connectivity index is 2.26. The maximum absolute atomic E-state index is 12.7. The Hall–Kier alpha value is -1.93. The molecule has 1 fully saturated rings. The van der Waals surface area contributed by atoms with E-state index in [-0.39, 0.29) is 23.3 Å². The lowest BCUT2D eigenvalue weighted by molar-refractivity contribution is -0.136. The Bertz CT molecular complexity index is 685. The monoisotopic (exact) mass is 325 g/mol. The van der Waals surface area contributed by atoms with Crippen LogP contribution in [0.2, 0.25) is 0 Å². The van der Waals surface area contributed by atoms with Crippen LogP contribution >= 0.6 is 0 Å². The summed E-state index contributed by atoms with van der Waals surface area (Å²) in [5, 5.41) is 2.58. The zero-order chi connectivity index (χ0) is 16.5. The fourth-order valence-electron chi connectivity index (χ4n) is 2.37. The van der Waals surface area contributed by atoms with Crippen LogP contribution in [-0.4, -0.2) is 55.6 Å². The van der Waals surface area contributed by atoms with Gasteiger partial charge in [-0.15, -0.1) is 0 Å². The number of carbonyl (C=O) groups excluding carboxylic acids is 2. The molecule has 1 heterocycles. The summed E-state index contributed by atoms with van der Waals surface area (Å²) in [5.41, 5.74) is 0.522. The van der Waals surface area contributed by atoms with Crippen LogP contribution in [0.1, 0.15) is 13.8 Å². The van der Waals surface area contributed by atoms with Crippen LogP contribution in [0.15, 0.2) is 29.2 Å². The highest BCUT2D eigenvalue weighted by atomic mass is 32.2. The van der Waals surface area contributed by atoms with Crippen molar-refractivity contribution in [3.05, 3.63) is 24.3 Å². The summed E-state index contributed by atoms with van der Waals surface area (Å²) in [6.45, 7) is 3.59. The number of piperazine rings is 1. The van der Waals surface area contributed by atoms with E-state index in [0.29, 0.717) is 12.2 Å². The van der Waals surface area contributed by atoms with E-state index in [1.807, 2.05) is 0 Å². The van der Waals surface area contributed by atoms with Crippen molar-refractivity contribution in [1.29, 1.82) is 0 Å². The molecule has 22 heavy (non-hydrogen) atoms. The molecule has 1 aliphatic heterocycles. The van der Waals surface area contributed by atoms with Crippen LogP contribution < -0.4 is 5.32 Å². The lowest BCUT2D eigenvalue weighted by Gasteiger charge is -2.36. The number of nitrogens with one attached hydrogen (secondary N) is 1. The van der Waals surface area contributed by atoms with Gasteiger partial charge in [-0.2, -0.15) is 4.31 Å². The van der Waals surface area contributed by atoms with Crippen LogP contribution in [0.3, 0.4) is 0 Å². The maximum Gasteiger partial charge on any atom is 0.243 e. The van der Waals surface area contributed by atoms with E-state index in [1.165, 1.54) is 40.4 Å². The fourth-order valence-corrected chi connectivity index (χ4v) is 3.95. The third-order valence-corrected chi connectivity index (χ3v) is 5.59. The highest BCUT2D eigenvalue weighted by Gasteiger charge is 2.37. The molecule has 1 saturated heterocycles. The molecule has 2 amide bonds. The smallest absolute Gasteiger partial charge is 0.243 e. The standard InChI is InChI=1S/C14H19N3O4S/c1-10-14(19)16(3)8-9-17(10)22(20,21)13-6-4-12(5-7-13)15-11(2)18/h4-7,10H,8-9H2,1-3H3,(H,15,18). The molecule has 0 radical (unpaired) electrons. The molecule has 1 aromatic rings. The first-order valence-corrected chi connectivity index (χ1v) is 8.32. The maximum atomic E-state index is 12.7. The minimum absolute atomic E-state index is 0.103. The molecule has 1 N–H and O–H groups in total. The van der Waals surface area contributed by atoms with E-state index in [0.717, 1.165) is 0 Å². The number of rotatable bonds is 3. The number of likely N-dealkylation sites (N-methyl/N-ethyl adjacent to an activating group) is 1. The quantitative estimate of drug-likeness (QED) is 0.876. The third kappa shape index (κ3) is 3.12. The summed E-state index contributed by atoms with van der Waals surface area (Å²) in [5.74, 6) is -0.446. The summed E-state index contributed by atoms with van der Waals surface area (Å²) < 4.78 is 26.5. The third-order valence-electron chi connectivity index (χ3n) is 3.60. The van der Waals surface area contributed by atoms with Crippen LogP contribution in [0.5, 0.6) is 0 Å². The van der Waals surface area contributed by atoms with E-state index < -0.39 is 16.1 Å². The van der Waals surface area contributed by atoms with Crippen molar-refractivity contribution >= 4 is 27.5 Å². The van der Waals surface area contributed by atoms with Gasteiger partial charge in [0.15, 0.2) is 0 Å². The normalized spacial score (nSPS) is 20.0. The predicted octanol–water partition coefficient (Wildman–Crippen LogP) is 0.496. The lowest BCUT2D eigenvalue weighted by atomic mass is 10.2. The number of hydrogen-bond acceptors (Lipinski definition) is 4. The van der Waals surface area contributed by atoms with Gasteiger partial charge in [0.25, 0.3) is 0 Å². The van der Waals surface area contributed by atoms with Crippen LogP contribution in [0.25, 0.3) is 0 Å². The van der Waals surface area contributed by atoms with Crippen molar-refractivity contribution < 1.29 is 18.0 Å². The molecule has 2 rings (SSSR count). The van der Waals surface area contributed by atoms with Crippen molar-refractivity contribution in [1.82, 2.24) is 9.21 Å². The molecule has 7 nitrogen and oxygen atoms in total. The van der Waals surface area contributed by atoms with Gasteiger partial charge in [-0.25, -0.2) is 8.42 Å². The van der Waals surface area contributed by atoms with Crippen LogP contribution in [0, 0.1) is 0 Å². The fraction of sp³-hybridized carbons (Fsp3) is 0.429. The van der Waals surface area contributed by atoms with E-state index in [4.69, 9.17) is 0 Å². The molecular formula is C14H19N3O4S. The van der Waals surface area contributed by atoms with E-state index >= 15 is 0 Å². The molecule has 1 unspecified atom stereocenters. The van der Waals surface area contributed by atoms with Crippen molar-refractivity contribution in [2.24, 2.45) is 0 Å². The zero-order valence-electron chi connectivity index (χ0n) is 12.7. The molecule has 0 spiro atoms. The molecule has 0 aromatic heterocycles. The molecule has 0 saturated carbocycles. The zero-order valence-corrected chi connectivity index (χ0v) is 13.6. The molecule has 1 aliphatic rings. The van der Waals surface area contributed by atoms with Gasteiger partial charge in [0, 0.05) is 32.7 Å². The number of hydrogen-bond donors (Lipinski definition) is 1. The summed E-state index contributed by atoms with van der Waals surface area (Å²) >= 11 is 0. The Morgan fingerprint density at radius 1 is 1.23 bits per heavy atom. The van der Waals surface area contributed by atoms with Gasteiger partial charge >= 0.3 is 0 Å². The molecule has 0 bridgehead atoms. The first-order chi connectivity index (χ1) is 10.2. The highest BCUT2D eigenvalue weighted by Crippen LogP contribution is 2.23. The predicted molar refractivity (Wildman–Crippen MR) is 81.7 cm³/mol. The number of benzene rings is 1. The number of amides is 2. The Labute approximate surface area is 129 Å². The lowest BCUT2D eigenvalue weighted by Crippen LogP contribution is -2.56. The van der Waals surface area contributed by atoms with Gasteiger partial charge in [-0.3, -0.25) is 9.59 Å². The van der Waals surface area contributed by atoms with Gasteiger partial charge in [0.1, 0.15) is 6.04 Å². The van der Waals surface area contributed by atoms with Gasteiger partial charge in [0.05, 0.1) is 4.90 Å².